The highest BCUT2D eigenvalue weighted by molar-refractivity contribution is 7.88. The van der Waals surface area contributed by atoms with Gasteiger partial charge in [-0.15, -0.1) is 0 Å². The van der Waals surface area contributed by atoms with Crippen molar-refractivity contribution in [2.75, 3.05) is 31.1 Å². The van der Waals surface area contributed by atoms with E-state index < -0.39 is 21.0 Å². The molecule has 26 heavy (non-hydrogen) atoms. The van der Waals surface area contributed by atoms with Crippen molar-refractivity contribution in [2.24, 2.45) is 5.41 Å². The molecule has 1 aliphatic heterocycles. The largest absolute Gasteiger partial charge is 0.534 e. The minimum atomic E-state index is -5.75. The van der Waals surface area contributed by atoms with E-state index >= 15 is 0 Å². The Morgan fingerprint density at radius 1 is 1.04 bits per heavy atom. The lowest BCUT2D eigenvalue weighted by Crippen LogP contribution is -2.51. The molecule has 0 aromatic heterocycles. The zero-order chi connectivity index (χ0) is 19.8. The Labute approximate surface area is 150 Å². The van der Waals surface area contributed by atoms with Crippen LogP contribution in [-0.4, -0.2) is 50.9 Å². The van der Waals surface area contributed by atoms with Crippen LogP contribution in [0.3, 0.4) is 0 Å². The van der Waals surface area contributed by atoms with Crippen molar-refractivity contribution < 1.29 is 30.6 Å². The molecule has 0 radical (unpaired) electrons. The predicted octanol–water partition coefficient (Wildman–Crippen LogP) is 2.61. The Hall–Kier alpha value is -1.97. The number of anilines is 1. The summed E-state index contributed by atoms with van der Waals surface area (Å²) in [5.74, 6) is -0.401. The second-order valence-corrected chi connectivity index (χ2v) is 8.52. The average Bonchev–Trinajstić information content (AvgIpc) is 2.52. The number of rotatable bonds is 3. The number of hydrogen-bond acceptors (Lipinski definition) is 5. The summed E-state index contributed by atoms with van der Waals surface area (Å²) in [4.78, 5) is 15.7. The summed E-state index contributed by atoms with van der Waals surface area (Å²) in [6, 6.07) is 5.63. The smallest absolute Gasteiger partial charge is 0.374 e. The average molecular weight is 394 g/mol. The van der Waals surface area contributed by atoms with Crippen LogP contribution in [-0.2, 0) is 14.9 Å². The fraction of sp³-hybridized carbons (Fsp3) is 0.562. The van der Waals surface area contributed by atoms with E-state index in [-0.39, 0.29) is 17.3 Å². The second-order valence-electron chi connectivity index (χ2n) is 6.98. The van der Waals surface area contributed by atoms with Crippen molar-refractivity contribution in [3.63, 3.8) is 0 Å². The zero-order valence-corrected chi connectivity index (χ0v) is 15.5. The molecule has 0 atom stereocenters. The molecule has 0 N–H and O–H groups in total. The molecule has 0 saturated carbocycles. The van der Waals surface area contributed by atoms with E-state index in [9.17, 15) is 26.4 Å². The van der Waals surface area contributed by atoms with E-state index in [1.807, 2.05) is 20.8 Å². The Kier molecular flexibility index (Phi) is 5.46. The molecule has 1 saturated heterocycles. The molecule has 0 spiro atoms. The van der Waals surface area contributed by atoms with Gasteiger partial charge in [-0.2, -0.15) is 21.6 Å². The van der Waals surface area contributed by atoms with Crippen molar-refractivity contribution in [3.8, 4) is 5.75 Å². The lowest BCUT2D eigenvalue weighted by atomic mass is 9.94. The second kappa shape index (κ2) is 6.98. The number of amides is 1. The number of carbonyl (C=O) groups excluding carboxylic acids is 1. The molecule has 2 rings (SSSR count). The van der Waals surface area contributed by atoms with E-state index in [1.165, 1.54) is 18.2 Å². The predicted molar refractivity (Wildman–Crippen MR) is 90.3 cm³/mol. The molecule has 1 aromatic carbocycles. The van der Waals surface area contributed by atoms with Gasteiger partial charge in [-0.05, 0) is 12.1 Å². The summed E-state index contributed by atoms with van der Waals surface area (Å²) in [5.41, 5.74) is -5.79. The van der Waals surface area contributed by atoms with Gasteiger partial charge >= 0.3 is 15.6 Å². The first-order valence-electron chi connectivity index (χ1n) is 7.97. The van der Waals surface area contributed by atoms with Gasteiger partial charge in [-0.3, -0.25) is 4.79 Å². The Morgan fingerprint density at radius 2 is 1.58 bits per heavy atom. The number of piperazine rings is 1. The lowest BCUT2D eigenvalue weighted by Gasteiger charge is -2.39. The van der Waals surface area contributed by atoms with Crippen LogP contribution in [0.4, 0.5) is 18.9 Å². The summed E-state index contributed by atoms with van der Waals surface area (Å²) < 4.78 is 64.6. The summed E-state index contributed by atoms with van der Waals surface area (Å²) in [6.07, 6.45) is 0. The van der Waals surface area contributed by atoms with Crippen LogP contribution in [0.25, 0.3) is 0 Å². The quantitative estimate of drug-likeness (QED) is 0.582. The molecule has 0 bridgehead atoms. The first-order valence-corrected chi connectivity index (χ1v) is 9.38. The third-order valence-electron chi connectivity index (χ3n) is 3.90. The molecule has 0 unspecified atom stereocenters. The van der Waals surface area contributed by atoms with Crippen LogP contribution >= 0.6 is 0 Å². The molecule has 1 aromatic rings. The summed E-state index contributed by atoms with van der Waals surface area (Å²) in [7, 11) is -5.75. The van der Waals surface area contributed by atoms with Crippen LogP contribution in [0, 0.1) is 5.41 Å². The maximum absolute atomic E-state index is 12.6. The molecule has 146 valence electrons. The number of benzene rings is 1. The summed E-state index contributed by atoms with van der Waals surface area (Å²) >= 11 is 0. The summed E-state index contributed by atoms with van der Waals surface area (Å²) in [5, 5.41) is 0. The van der Waals surface area contributed by atoms with Crippen LogP contribution in [0.5, 0.6) is 5.75 Å². The zero-order valence-electron chi connectivity index (χ0n) is 14.7. The van der Waals surface area contributed by atoms with Crippen molar-refractivity contribution >= 4 is 21.7 Å². The van der Waals surface area contributed by atoms with Crippen LogP contribution in [0.2, 0.25) is 0 Å². The van der Waals surface area contributed by atoms with Gasteiger partial charge in [-0.25, -0.2) is 0 Å². The fourth-order valence-corrected chi connectivity index (χ4v) is 3.05. The molecule has 1 fully saturated rings. The van der Waals surface area contributed by atoms with Crippen molar-refractivity contribution in [3.05, 3.63) is 24.3 Å². The number of nitrogens with zero attached hydrogens (tertiary/aromatic N) is 2. The van der Waals surface area contributed by atoms with Gasteiger partial charge in [0.1, 0.15) is 0 Å². The van der Waals surface area contributed by atoms with Gasteiger partial charge in [0.2, 0.25) is 5.91 Å². The third kappa shape index (κ3) is 4.40. The van der Waals surface area contributed by atoms with Crippen molar-refractivity contribution in [1.29, 1.82) is 0 Å². The van der Waals surface area contributed by atoms with E-state index in [0.29, 0.717) is 26.2 Å². The number of hydrogen-bond donors (Lipinski definition) is 0. The summed E-state index contributed by atoms with van der Waals surface area (Å²) in [6.45, 7) is 6.92. The van der Waals surface area contributed by atoms with Crippen LogP contribution in [0.1, 0.15) is 20.8 Å². The van der Waals surface area contributed by atoms with E-state index in [0.717, 1.165) is 0 Å². The highest BCUT2D eigenvalue weighted by Gasteiger charge is 2.49. The number of alkyl halides is 3. The normalized spacial score (nSPS) is 16.5. The molecule has 1 heterocycles. The molecule has 0 aliphatic carbocycles. The van der Waals surface area contributed by atoms with Gasteiger partial charge in [0.15, 0.2) is 5.75 Å². The molecule has 6 nitrogen and oxygen atoms in total. The minimum Gasteiger partial charge on any atom is -0.374 e. The minimum absolute atomic E-state index is 0.0127. The number of carbonyl (C=O) groups is 1. The lowest BCUT2D eigenvalue weighted by molar-refractivity contribution is -0.139. The molecular weight excluding hydrogens is 373 g/mol. The van der Waals surface area contributed by atoms with E-state index in [1.54, 1.807) is 15.9 Å². The topological polar surface area (TPSA) is 66.9 Å². The van der Waals surface area contributed by atoms with Gasteiger partial charge in [0, 0.05) is 31.6 Å². The maximum atomic E-state index is 12.6. The van der Waals surface area contributed by atoms with Crippen molar-refractivity contribution in [1.82, 2.24) is 4.90 Å². The number of para-hydroxylation sites is 2. The SMILES string of the molecule is CC(C)(C)C(=O)N1CCN(c2ccccc2OS(=O)(=O)C(F)(F)F)CC1. The highest BCUT2D eigenvalue weighted by atomic mass is 32.2. The Bertz CT molecular complexity index is 764. The van der Waals surface area contributed by atoms with Gasteiger partial charge in [0.25, 0.3) is 0 Å². The first kappa shape index (κ1) is 20.3. The highest BCUT2D eigenvalue weighted by Crippen LogP contribution is 2.34. The fourth-order valence-electron chi connectivity index (χ4n) is 2.58. The third-order valence-corrected chi connectivity index (χ3v) is 4.86. The monoisotopic (exact) mass is 394 g/mol. The molecular formula is C16H21F3N2O4S. The molecule has 1 aliphatic rings. The van der Waals surface area contributed by atoms with Gasteiger partial charge in [0.05, 0.1) is 5.69 Å². The first-order chi connectivity index (χ1) is 11.8. The van der Waals surface area contributed by atoms with Crippen LogP contribution in [0.15, 0.2) is 24.3 Å². The number of halogens is 3. The maximum Gasteiger partial charge on any atom is 0.534 e. The van der Waals surface area contributed by atoms with Gasteiger partial charge < -0.3 is 14.0 Å². The Balaban J connectivity index is 2.16. The van der Waals surface area contributed by atoms with Crippen LogP contribution < -0.4 is 9.08 Å². The Morgan fingerprint density at radius 3 is 2.08 bits per heavy atom. The van der Waals surface area contributed by atoms with Crippen molar-refractivity contribution in [2.45, 2.75) is 26.3 Å². The van der Waals surface area contributed by atoms with E-state index in [4.69, 9.17) is 0 Å². The molecule has 1 amide bonds. The van der Waals surface area contributed by atoms with E-state index in [2.05, 4.69) is 4.18 Å². The molecule has 10 heteroatoms. The standard InChI is InChI=1S/C16H21F3N2O4S/c1-15(2,3)14(22)21-10-8-20(9-11-21)12-6-4-5-7-13(12)25-26(23,24)16(17,18)19/h4-7H,8-11H2,1-3H3. The van der Waals surface area contributed by atoms with Gasteiger partial charge in [-0.1, -0.05) is 32.9 Å².